The third-order valence-corrected chi connectivity index (χ3v) is 4.88. The summed E-state index contributed by atoms with van der Waals surface area (Å²) in [6.45, 7) is 6.13. The number of H-pyrrole nitrogens is 1. The van der Waals surface area contributed by atoms with E-state index in [0.717, 1.165) is 5.56 Å². The molecule has 1 aliphatic rings. The smallest absolute Gasteiger partial charge is 0.343 e. The summed E-state index contributed by atoms with van der Waals surface area (Å²) in [4.78, 5) is 39.4. The minimum atomic E-state index is -0.698. The molecular formula is C21H23NO4. The summed E-state index contributed by atoms with van der Waals surface area (Å²) in [6.07, 6.45) is 0.933. The van der Waals surface area contributed by atoms with Crippen LogP contribution >= 0.6 is 0 Å². The molecular weight excluding hydrogens is 330 g/mol. The quantitative estimate of drug-likeness (QED) is 0.852. The van der Waals surface area contributed by atoms with E-state index in [1.807, 2.05) is 0 Å². The Bertz CT molecular complexity index is 893. The Kier molecular flexibility index (Phi) is 5.07. The highest BCUT2D eigenvalue weighted by atomic mass is 16.5. The number of Topliss-reactive ketones (excluding diaryl/α,β-unsaturated/α-hetero) is 1. The van der Waals surface area contributed by atoms with Gasteiger partial charge in [0.1, 0.15) is 5.56 Å². The monoisotopic (exact) mass is 353 g/mol. The fourth-order valence-electron chi connectivity index (χ4n) is 3.38. The molecule has 1 aromatic heterocycles. The van der Waals surface area contributed by atoms with Gasteiger partial charge in [-0.1, -0.05) is 38.1 Å². The average molecular weight is 353 g/mol. The Morgan fingerprint density at radius 1 is 1.19 bits per heavy atom. The van der Waals surface area contributed by atoms with E-state index < -0.39 is 11.5 Å². The van der Waals surface area contributed by atoms with Gasteiger partial charge in [0.2, 0.25) is 0 Å². The number of ether oxygens (including phenoxy) is 1. The Morgan fingerprint density at radius 3 is 2.50 bits per heavy atom. The Labute approximate surface area is 152 Å². The molecule has 0 radical (unpaired) electrons. The van der Waals surface area contributed by atoms with Gasteiger partial charge in [0.05, 0.1) is 6.61 Å². The van der Waals surface area contributed by atoms with Gasteiger partial charge in [-0.2, -0.15) is 0 Å². The SMILES string of the molecule is CCOC(=O)c1cc2c([nH]c1=O)C[C@@H](c1ccc(C(C)C)cc1)CC2=O. The Hall–Kier alpha value is -2.69. The molecule has 0 saturated heterocycles. The molecule has 0 saturated carbocycles. The van der Waals surface area contributed by atoms with Crippen LogP contribution in [0, 0.1) is 0 Å². The molecule has 5 heteroatoms. The van der Waals surface area contributed by atoms with Gasteiger partial charge < -0.3 is 9.72 Å². The van der Waals surface area contributed by atoms with Crippen molar-refractivity contribution in [1.29, 1.82) is 0 Å². The summed E-state index contributed by atoms with van der Waals surface area (Å²) < 4.78 is 4.89. The molecule has 0 spiro atoms. The van der Waals surface area contributed by atoms with E-state index >= 15 is 0 Å². The molecule has 1 aliphatic carbocycles. The highest BCUT2D eigenvalue weighted by molar-refractivity contribution is 6.01. The Morgan fingerprint density at radius 2 is 1.88 bits per heavy atom. The molecule has 2 aromatic rings. The molecule has 5 nitrogen and oxygen atoms in total. The van der Waals surface area contributed by atoms with Crippen molar-refractivity contribution >= 4 is 11.8 Å². The number of fused-ring (bicyclic) bond motifs is 1. The van der Waals surface area contributed by atoms with Gasteiger partial charge in [0.15, 0.2) is 5.78 Å². The maximum absolute atomic E-state index is 12.6. The zero-order chi connectivity index (χ0) is 18.8. The molecule has 1 atom stereocenters. The maximum atomic E-state index is 12.6. The molecule has 3 rings (SSSR count). The average Bonchev–Trinajstić information content (AvgIpc) is 2.61. The zero-order valence-electron chi connectivity index (χ0n) is 15.3. The van der Waals surface area contributed by atoms with Crippen LogP contribution in [-0.4, -0.2) is 23.3 Å². The first-order valence-corrected chi connectivity index (χ1v) is 8.97. The zero-order valence-corrected chi connectivity index (χ0v) is 15.3. The maximum Gasteiger partial charge on any atom is 0.343 e. The predicted octanol–water partition coefficient (Wildman–Crippen LogP) is 3.59. The standard InChI is InChI=1S/C21H23NO4/c1-4-26-21(25)17-11-16-18(22-20(17)24)9-15(10-19(16)23)14-7-5-13(6-8-14)12(2)3/h5-8,11-12,15H,4,9-10H2,1-3H3,(H,22,24)/t15-/m1/s1. The van der Waals surface area contributed by atoms with Crippen LogP contribution in [0.15, 0.2) is 35.1 Å². The van der Waals surface area contributed by atoms with E-state index in [0.29, 0.717) is 30.0 Å². The predicted molar refractivity (Wildman–Crippen MR) is 98.9 cm³/mol. The molecule has 1 aromatic carbocycles. The van der Waals surface area contributed by atoms with Crippen LogP contribution in [0.3, 0.4) is 0 Å². The number of benzene rings is 1. The number of ketones is 1. The van der Waals surface area contributed by atoms with Crippen LogP contribution in [0.4, 0.5) is 0 Å². The molecule has 1 N–H and O–H groups in total. The number of carbonyl (C=O) groups is 2. The fourth-order valence-corrected chi connectivity index (χ4v) is 3.38. The second-order valence-corrected chi connectivity index (χ2v) is 6.97. The number of aromatic nitrogens is 1. The summed E-state index contributed by atoms with van der Waals surface area (Å²) >= 11 is 0. The van der Waals surface area contributed by atoms with Gasteiger partial charge in [0, 0.05) is 17.7 Å². The third-order valence-electron chi connectivity index (χ3n) is 4.88. The van der Waals surface area contributed by atoms with Gasteiger partial charge in [0.25, 0.3) is 5.56 Å². The van der Waals surface area contributed by atoms with Crippen molar-refractivity contribution in [3.63, 3.8) is 0 Å². The number of aromatic amines is 1. The van der Waals surface area contributed by atoms with Crippen LogP contribution in [0.25, 0.3) is 0 Å². The second-order valence-electron chi connectivity index (χ2n) is 6.97. The van der Waals surface area contributed by atoms with Gasteiger partial charge in [-0.25, -0.2) is 4.79 Å². The molecule has 1 heterocycles. The lowest BCUT2D eigenvalue weighted by Gasteiger charge is -2.24. The molecule has 136 valence electrons. The van der Waals surface area contributed by atoms with Crippen molar-refractivity contribution in [1.82, 2.24) is 4.98 Å². The lowest BCUT2D eigenvalue weighted by molar-refractivity contribution is 0.0524. The lowest BCUT2D eigenvalue weighted by atomic mass is 9.81. The van der Waals surface area contributed by atoms with E-state index in [-0.39, 0.29) is 23.9 Å². The summed E-state index contributed by atoms with van der Waals surface area (Å²) in [5.41, 5.74) is 2.73. The Balaban J connectivity index is 1.91. The summed E-state index contributed by atoms with van der Waals surface area (Å²) in [6, 6.07) is 9.68. The largest absolute Gasteiger partial charge is 0.462 e. The first-order chi connectivity index (χ1) is 12.4. The normalized spacial score (nSPS) is 16.5. The van der Waals surface area contributed by atoms with Crippen molar-refractivity contribution in [2.24, 2.45) is 0 Å². The van der Waals surface area contributed by atoms with Crippen LogP contribution in [-0.2, 0) is 11.2 Å². The first kappa shape index (κ1) is 18.1. The van der Waals surface area contributed by atoms with Crippen LogP contribution in [0.2, 0.25) is 0 Å². The summed E-state index contributed by atoms with van der Waals surface area (Å²) in [5, 5.41) is 0. The molecule has 0 aliphatic heterocycles. The molecule has 0 unspecified atom stereocenters. The van der Waals surface area contributed by atoms with Crippen molar-refractivity contribution < 1.29 is 14.3 Å². The van der Waals surface area contributed by atoms with E-state index in [1.54, 1.807) is 6.92 Å². The third kappa shape index (κ3) is 3.47. The van der Waals surface area contributed by atoms with Gasteiger partial charge in [-0.05, 0) is 42.4 Å². The number of carbonyl (C=O) groups excluding carboxylic acids is 2. The highest BCUT2D eigenvalue weighted by Gasteiger charge is 2.29. The van der Waals surface area contributed by atoms with E-state index in [2.05, 4.69) is 43.1 Å². The summed E-state index contributed by atoms with van der Waals surface area (Å²) in [5.74, 6) is -0.280. The number of nitrogens with one attached hydrogen (secondary N) is 1. The van der Waals surface area contributed by atoms with Gasteiger partial charge >= 0.3 is 5.97 Å². The second kappa shape index (κ2) is 7.28. The van der Waals surface area contributed by atoms with Gasteiger partial charge in [-0.15, -0.1) is 0 Å². The van der Waals surface area contributed by atoms with Crippen LogP contribution in [0.1, 0.15) is 76.6 Å². The van der Waals surface area contributed by atoms with E-state index in [4.69, 9.17) is 4.74 Å². The number of pyridine rings is 1. The number of hydrogen-bond donors (Lipinski definition) is 1. The van der Waals surface area contributed by atoms with Crippen molar-refractivity contribution in [3.05, 3.63) is 68.6 Å². The van der Waals surface area contributed by atoms with Crippen molar-refractivity contribution in [2.75, 3.05) is 6.61 Å². The van der Waals surface area contributed by atoms with Gasteiger partial charge in [-0.3, -0.25) is 9.59 Å². The highest BCUT2D eigenvalue weighted by Crippen LogP contribution is 2.32. The van der Waals surface area contributed by atoms with Crippen molar-refractivity contribution in [2.45, 2.75) is 45.4 Å². The molecule has 0 amide bonds. The minimum Gasteiger partial charge on any atom is -0.462 e. The fraction of sp³-hybridized carbons (Fsp3) is 0.381. The molecule has 0 fully saturated rings. The topological polar surface area (TPSA) is 76.2 Å². The summed E-state index contributed by atoms with van der Waals surface area (Å²) in [7, 11) is 0. The van der Waals surface area contributed by atoms with E-state index in [1.165, 1.54) is 11.6 Å². The number of rotatable bonds is 4. The molecule has 26 heavy (non-hydrogen) atoms. The number of esters is 1. The first-order valence-electron chi connectivity index (χ1n) is 8.97. The van der Waals surface area contributed by atoms with Crippen LogP contribution in [0.5, 0.6) is 0 Å². The lowest BCUT2D eigenvalue weighted by Crippen LogP contribution is -2.28. The minimum absolute atomic E-state index is 0.0281. The molecule has 0 bridgehead atoms. The number of hydrogen-bond acceptors (Lipinski definition) is 4. The van der Waals surface area contributed by atoms with Crippen LogP contribution < -0.4 is 5.56 Å². The van der Waals surface area contributed by atoms with Crippen molar-refractivity contribution in [3.8, 4) is 0 Å². The van der Waals surface area contributed by atoms with E-state index in [9.17, 15) is 14.4 Å².